The van der Waals surface area contributed by atoms with Crippen molar-refractivity contribution < 1.29 is 13.2 Å². The summed E-state index contributed by atoms with van der Waals surface area (Å²) in [6.07, 6.45) is 2.43. The van der Waals surface area contributed by atoms with E-state index in [0.717, 1.165) is 24.3 Å². The fraction of sp³-hybridized carbons (Fsp3) is 0.381. The average molecular weight is 419 g/mol. The standard InChI is InChI=1S/C21H26N2O3S2/c24-21(22-12-7-14-27-17-18-8-2-1-3-9-18)19-10-6-11-20(16-19)23-13-4-5-15-28(23,25)26/h1-3,6,8-11,16H,4-5,7,12-15,17H2,(H,22,24). The number of rotatable bonds is 8. The van der Waals surface area contributed by atoms with Gasteiger partial charge in [0.25, 0.3) is 5.91 Å². The Labute approximate surface area is 171 Å². The van der Waals surface area contributed by atoms with E-state index in [9.17, 15) is 13.2 Å². The predicted octanol–water partition coefficient (Wildman–Crippen LogP) is 3.67. The Balaban J connectivity index is 1.45. The highest BCUT2D eigenvalue weighted by Crippen LogP contribution is 2.24. The summed E-state index contributed by atoms with van der Waals surface area (Å²) >= 11 is 1.85. The van der Waals surface area contributed by atoms with Crippen LogP contribution in [-0.2, 0) is 15.8 Å². The molecule has 0 spiro atoms. The molecule has 0 bridgehead atoms. The van der Waals surface area contributed by atoms with E-state index in [1.54, 1.807) is 24.3 Å². The quantitative estimate of drug-likeness (QED) is 0.664. The third-order valence-corrected chi connectivity index (χ3v) is 7.59. The number of hydrogen-bond donors (Lipinski definition) is 1. The topological polar surface area (TPSA) is 66.5 Å². The Morgan fingerprint density at radius 2 is 1.89 bits per heavy atom. The second-order valence-corrected chi connectivity index (χ2v) is 9.91. The van der Waals surface area contributed by atoms with E-state index in [-0.39, 0.29) is 11.7 Å². The molecule has 150 valence electrons. The Kier molecular flexibility index (Phi) is 7.39. The first-order valence-electron chi connectivity index (χ1n) is 9.57. The summed E-state index contributed by atoms with van der Waals surface area (Å²) in [7, 11) is -3.27. The van der Waals surface area contributed by atoms with Crippen LogP contribution in [0.1, 0.15) is 35.2 Å². The second-order valence-electron chi connectivity index (χ2n) is 6.79. The number of carbonyl (C=O) groups excluding carboxylic acids is 1. The third-order valence-electron chi connectivity index (χ3n) is 4.61. The summed E-state index contributed by atoms with van der Waals surface area (Å²) in [5.74, 6) is 1.95. The Morgan fingerprint density at radius 1 is 1.07 bits per heavy atom. The molecule has 0 saturated carbocycles. The normalized spacial score (nSPS) is 15.9. The maximum atomic E-state index is 12.4. The fourth-order valence-electron chi connectivity index (χ4n) is 3.12. The molecule has 0 radical (unpaired) electrons. The van der Waals surface area contributed by atoms with E-state index < -0.39 is 10.0 Å². The lowest BCUT2D eigenvalue weighted by Crippen LogP contribution is -2.38. The third kappa shape index (κ3) is 5.75. The van der Waals surface area contributed by atoms with E-state index >= 15 is 0 Å². The molecule has 1 saturated heterocycles. The minimum atomic E-state index is -3.27. The molecule has 0 unspecified atom stereocenters. The molecule has 0 atom stereocenters. The van der Waals surface area contributed by atoms with Gasteiger partial charge in [-0.2, -0.15) is 11.8 Å². The number of hydrogen-bond acceptors (Lipinski definition) is 4. The van der Waals surface area contributed by atoms with E-state index in [2.05, 4.69) is 17.4 Å². The van der Waals surface area contributed by atoms with Crippen molar-refractivity contribution in [1.29, 1.82) is 0 Å². The van der Waals surface area contributed by atoms with Gasteiger partial charge in [0, 0.05) is 24.4 Å². The molecule has 0 aliphatic carbocycles. The summed E-state index contributed by atoms with van der Waals surface area (Å²) in [5.41, 5.74) is 2.38. The van der Waals surface area contributed by atoms with Gasteiger partial charge in [-0.3, -0.25) is 9.10 Å². The first-order valence-corrected chi connectivity index (χ1v) is 12.3. The number of benzene rings is 2. The maximum absolute atomic E-state index is 12.4. The van der Waals surface area contributed by atoms with E-state index in [1.165, 1.54) is 9.87 Å². The summed E-state index contributed by atoms with van der Waals surface area (Å²) in [6.45, 7) is 1.08. The monoisotopic (exact) mass is 418 g/mol. The molecular weight excluding hydrogens is 392 g/mol. The van der Waals surface area contributed by atoms with Crippen LogP contribution in [0.4, 0.5) is 5.69 Å². The van der Waals surface area contributed by atoms with Gasteiger partial charge < -0.3 is 5.32 Å². The molecule has 1 heterocycles. The average Bonchev–Trinajstić information content (AvgIpc) is 2.71. The zero-order chi connectivity index (χ0) is 19.8. The summed E-state index contributed by atoms with van der Waals surface area (Å²) in [6, 6.07) is 17.2. The van der Waals surface area contributed by atoms with Crippen molar-refractivity contribution in [3.63, 3.8) is 0 Å². The van der Waals surface area contributed by atoms with Crippen LogP contribution < -0.4 is 9.62 Å². The van der Waals surface area contributed by atoms with E-state index in [4.69, 9.17) is 0 Å². The lowest BCUT2D eigenvalue weighted by Gasteiger charge is -2.28. The largest absolute Gasteiger partial charge is 0.352 e. The Morgan fingerprint density at radius 3 is 2.68 bits per heavy atom. The molecule has 1 aliphatic rings. The molecule has 28 heavy (non-hydrogen) atoms. The van der Waals surface area contributed by atoms with Crippen LogP contribution in [0.3, 0.4) is 0 Å². The zero-order valence-corrected chi connectivity index (χ0v) is 17.5. The first kappa shape index (κ1) is 20.7. The van der Waals surface area contributed by atoms with Gasteiger partial charge in [0.05, 0.1) is 11.4 Å². The number of carbonyl (C=O) groups is 1. The highest BCUT2D eigenvalue weighted by atomic mass is 32.2. The van der Waals surface area contributed by atoms with Gasteiger partial charge in [-0.05, 0) is 48.8 Å². The van der Waals surface area contributed by atoms with Gasteiger partial charge in [-0.1, -0.05) is 36.4 Å². The van der Waals surface area contributed by atoms with Gasteiger partial charge >= 0.3 is 0 Å². The van der Waals surface area contributed by atoms with Crippen molar-refractivity contribution >= 4 is 33.4 Å². The fourth-order valence-corrected chi connectivity index (χ4v) is 5.68. The van der Waals surface area contributed by atoms with Crippen LogP contribution in [0.5, 0.6) is 0 Å². The Bertz CT molecular complexity index is 886. The molecule has 7 heteroatoms. The number of anilines is 1. The number of nitrogens with zero attached hydrogens (tertiary/aromatic N) is 1. The number of sulfonamides is 1. The number of thioether (sulfide) groups is 1. The smallest absolute Gasteiger partial charge is 0.251 e. The van der Waals surface area contributed by atoms with Crippen molar-refractivity contribution in [1.82, 2.24) is 5.32 Å². The number of amides is 1. The lowest BCUT2D eigenvalue weighted by atomic mass is 10.2. The molecule has 1 aliphatic heterocycles. The van der Waals surface area contributed by atoms with Crippen LogP contribution in [0.2, 0.25) is 0 Å². The number of nitrogens with one attached hydrogen (secondary N) is 1. The minimum absolute atomic E-state index is 0.163. The van der Waals surface area contributed by atoms with Gasteiger partial charge in [-0.25, -0.2) is 8.42 Å². The SMILES string of the molecule is O=C(NCCCSCc1ccccc1)c1cccc(N2CCCCS2(=O)=O)c1. The Hall–Kier alpha value is -1.99. The molecule has 2 aromatic carbocycles. The summed E-state index contributed by atoms with van der Waals surface area (Å²) in [5, 5.41) is 2.93. The van der Waals surface area contributed by atoms with Gasteiger partial charge in [0.2, 0.25) is 10.0 Å². The van der Waals surface area contributed by atoms with Crippen LogP contribution >= 0.6 is 11.8 Å². The van der Waals surface area contributed by atoms with Crippen molar-refractivity contribution in [2.45, 2.75) is 25.0 Å². The van der Waals surface area contributed by atoms with Crippen LogP contribution in [0.15, 0.2) is 54.6 Å². The van der Waals surface area contributed by atoms with Crippen molar-refractivity contribution in [3.8, 4) is 0 Å². The minimum Gasteiger partial charge on any atom is -0.352 e. The summed E-state index contributed by atoms with van der Waals surface area (Å²) in [4.78, 5) is 12.4. The molecule has 0 aromatic heterocycles. The van der Waals surface area contributed by atoms with E-state index in [1.807, 2.05) is 30.0 Å². The van der Waals surface area contributed by atoms with Crippen molar-refractivity contribution in [2.24, 2.45) is 0 Å². The van der Waals surface area contributed by atoms with Crippen molar-refractivity contribution in [2.75, 3.05) is 28.9 Å². The summed E-state index contributed by atoms with van der Waals surface area (Å²) < 4.78 is 25.9. The predicted molar refractivity (Wildman–Crippen MR) is 116 cm³/mol. The highest BCUT2D eigenvalue weighted by molar-refractivity contribution is 7.98. The van der Waals surface area contributed by atoms with Crippen LogP contribution in [0.25, 0.3) is 0 Å². The molecule has 1 amide bonds. The molecular formula is C21H26N2O3S2. The highest BCUT2D eigenvalue weighted by Gasteiger charge is 2.26. The van der Waals surface area contributed by atoms with Crippen LogP contribution in [0, 0.1) is 0 Å². The molecule has 1 fully saturated rings. The van der Waals surface area contributed by atoms with Gasteiger partial charge in [-0.15, -0.1) is 0 Å². The molecule has 2 aromatic rings. The lowest BCUT2D eigenvalue weighted by molar-refractivity contribution is 0.0954. The second kappa shape index (κ2) is 9.98. The molecule has 5 nitrogen and oxygen atoms in total. The maximum Gasteiger partial charge on any atom is 0.251 e. The molecule has 3 rings (SSSR count). The van der Waals surface area contributed by atoms with Crippen molar-refractivity contribution in [3.05, 3.63) is 65.7 Å². The van der Waals surface area contributed by atoms with Gasteiger partial charge in [0.1, 0.15) is 0 Å². The zero-order valence-electron chi connectivity index (χ0n) is 15.8. The van der Waals surface area contributed by atoms with Crippen LogP contribution in [-0.4, -0.2) is 38.9 Å². The first-order chi connectivity index (χ1) is 13.6. The van der Waals surface area contributed by atoms with Gasteiger partial charge in [0.15, 0.2) is 0 Å². The van der Waals surface area contributed by atoms with E-state index in [0.29, 0.717) is 30.8 Å². The molecule has 1 N–H and O–H groups in total.